The number of hydrogen-bond acceptors (Lipinski definition) is 8. The van der Waals surface area contributed by atoms with E-state index in [1.54, 1.807) is 0 Å². The Morgan fingerprint density at radius 1 is 1.67 bits per heavy atom. The second-order valence-corrected chi connectivity index (χ2v) is 4.65. The van der Waals surface area contributed by atoms with Crippen LogP contribution in [0.1, 0.15) is 13.2 Å². The molecule has 5 N–H and O–H groups in total. The molecule has 1 aromatic heterocycles. The van der Waals surface area contributed by atoms with Crippen molar-refractivity contribution in [3.05, 3.63) is 11.0 Å². The largest absolute Gasteiger partial charge is 0.394 e. The van der Waals surface area contributed by atoms with E-state index in [0.29, 0.717) is 0 Å². The highest BCUT2D eigenvalue weighted by Gasteiger charge is 2.53. The van der Waals surface area contributed by atoms with Gasteiger partial charge in [0.2, 0.25) is 4.77 Å². The first-order chi connectivity index (χ1) is 8.37. The molecule has 0 spiro atoms. The number of rotatable bonds is 2. The molecule has 0 aliphatic carbocycles. The summed E-state index contributed by atoms with van der Waals surface area (Å²) < 4.78 is 6.51. The van der Waals surface area contributed by atoms with Crippen LogP contribution in [-0.2, 0) is 4.74 Å². The number of aliphatic hydroxyl groups is 3. The second-order valence-electron chi connectivity index (χ2n) is 4.29. The maximum Gasteiger partial charge on any atom is 0.220 e. The number of nitrogens with zero attached hydrogens (tertiary/aromatic N) is 3. The fraction of sp³-hybridized carbons (Fsp3) is 0.667. The molecule has 0 amide bonds. The van der Waals surface area contributed by atoms with Gasteiger partial charge in [0.05, 0.1) is 12.8 Å². The Balaban J connectivity index is 2.42. The first-order valence-corrected chi connectivity index (χ1v) is 5.67. The first-order valence-electron chi connectivity index (χ1n) is 5.26. The molecule has 1 aliphatic heterocycles. The molecule has 1 fully saturated rings. The number of nitrogen functional groups attached to an aromatic ring is 1. The molecule has 3 unspecified atom stereocenters. The van der Waals surface area contributed by atoms with Crippen molar-refractivity contribution >= 4 is 18.0 Å². The van der Waals surface area contributed by atoms with Gasteiger partial charge in [0.25, 0.3) is 0 Å². The van der Waals surface area contributed by atoms with Gasteiger partial charge in [-0.05, 0) is 19.1 Å². The zero-order valence-corrected chi connectivity index (χ0v) is 10.4. The molecule has 4 atom stereocenters. The van der Waals surface area contributed by atoms with Crippen molar-refractivity contribution in [3.8, 4) is 0 Å². The van der Waals surface area contributed by atoms with E-state index in [1.165, 1.54) is 13.1 Å². The maximum atomic E-state index is 10.2. The molecule has 100 valence electrons. The van der Waals surface area contributed by atoms with Crippen LogP contribution < -0.4 is 5.73 Å². The molecule has 1 aromatic rings. The standard InChI is InChI=1S/C9H14N4O4S/c1-9(16)6(15)4(3-14)17-7(9)13-8(18)12-5(10)2-11-13/h2,4,6-7,14-16H,3H2,1H3,(H2,10,12,18)/t4?,6-,7?,9?/m1/s1. The molecule has 0 aromatic carbocycles. The van der Waals surface area contributed by atoms with E-state index in [4.69, 9.17) is 27.8 Å². The van der Waals surface area contributed by atoms with Gasteiger partial charge in [-0.25, -0.2) is 9.67 Å². The lowest BCUT2D eigenvalue weighted by molar-refractivity contribution is -0.104. The Kier molecular flexibility index (Phi) is 3.34. The van der Waals surface area contributed by atoms with E-state index < -0.39 is 30.6 Å². The number of nitrogens with two attached hydrogens (primary N) is 1. The van der Waals surface area contributed by atoms with Crippen molar-refractivity contribution in [2.45, 2.75) is 31.0 Å². The third-order valence-electron chi connectivity index (χ3n) is 2.89. The number of aliphatic hydroxyl groups excluding tert-OH is 2. The summed E-state index contributed by atoms with van der Waals surface area (Å²) >= 11 is 4.97. The Hall–Kier alpha value is -1.13. The first kappa shape index (κ1) is 13.3. The number of anilines is 1. The molecule has 1 aliphatic rings. The fourth-order valence-corrected chi connectivity index (χ4v) is 2.12. The monoisotopic (exact) mass is 274 g/mol. The van der Waals surface area contributed by atoms with Crippen LogP contribution in [-0.4, -0.2) is 54.5 Å². The van der Waals surface area contributed by atoms with Crippen LogP contribution in [0.4, 0.5) is 5.82 Å². The molecular formula is C9H14N4O4S. The van der Waals surface area contributed by atoms with Crippen LogP contribution in [0.3, 0.4) is 0 Å². The van der Waals surface area contributed by atoms with Gasteiger partial charge in [0.15, 0.2) is 6.23 Å². The van der Waals surface area contributed by atoms with Crippen molar-refractivity contribution in [3.63, 3.8) is 0 Å². The Morgan fingerprint density at radius 2 is 2.33 bits per heavy atom. The zero-order chi connectivity index (χ0) is 13.5. The van der Waals surface area contributed by atoms with Gasteiger partial charge >= 0.3 is 0 Å². The van der Waals surface area contributed by atoms with E-state index in [1.807, 2.05) is 0 Å². The van der Waals surface area contributed by atoms with Crippen LogP contribution in [0.25, 0.3) is 0 Å². The fourth-order valence-electron chi connectivity index (χ4n) is 1.87. The van der Waals surface area contributed by atoms with Gasteiger partial charge in [-0.2, -0.15) is 5.10 Å². The highest BCUT2D eigenvalue weighted by atomic mass is 32.1. The topological polar surface area (TPSA) is 127 Å². The lowest BCUT2D eigenvalue weighted by Gasteiger charge is -2.26. The molecule has 0 radical (unpaired) electrons. The minimum atomic E-state index is -1.64. The SMILES string of the molecule is CC1(O)C(n2ncc(N)nc2=S)OC(CO)[C@H]1O. The van der Waals surface area contributed by atoms with Crippen LogP contribution >= 0.6 is 12.2 Å². The molecular weight excluding hydrogens is 260 g/mol. The summed E-state index contributed by atoms with van der Waals surface area (Å²) in [6.45, 7) is 0.946. The molecule has 8 nitrogen and oxygen atoms in total. The Morgan fingerprint density at radius 3 is 2.83 bits per heavy atom. The Bertz CT molecular complexity index is 506. The van der Waals surface area contributed by atoms with E-state index in [9.17, 15) is 10.2 Å². The summed E-state index contributed by atoms with van der Waals surface area (Å²) in [7, 11) is 0. The van der Waals surface area contributed by atoms with E-state index >= 15 is 0 Å². The van der Waals surface area contributed by atoms with Gasteiger partial charge in [-0.15, -0.1) is 0 Å². The van der Waals surface area contributed by atoms with E-state index in [0.717, 1.165) is 4.68 Å². The van der Waals surface area contributed by atoms with Crippen LogP contribution in [0.2, 0.25) is 0 Å². The number of ether oxygens (including phenoxy) is 1. The molecule has 2 rings (SSSR count). The third kappa shape index (κ3) is 1.99. The van der Waals surface area contributed by atoms with Gasteiger partial charge in [0, 0.05) is 0 Å². The molecule has 9 heteroatoms. The van der Waals surface area contributed by atoms with Gasteiger partial charge in [-0.1, -0.05) is 0 Å². The Labute approximate surface area is 108 Å². The maximum absolute atomic E-state index is 10.2. The van der Waals surface area contributed by atoms with Crippen molar-refractivity contribution in [2.75, 3.05) is 12.3 Å². The van der Waals surface area contributed by atoms with E-state index in [-0.39, 0.29) is 10.6 Å². The predicted octanol–water partition coefficient (Wildman–Crippen LogP) is -1.41. The number of hydrogen-bond donors (Lipinski definition) is 4. The third-order valence-corrected chi connectivity index (χ3v) is 3.17. The summed E-state index contributed by atoms with van der Waals surface area (Å²) in [6, 6.07) is 0. The summed E-state index contributed by atoms with van der Waals surface area (Å²) in [5.41, 5.74) is 3.79. The summed E-state index contributed by atoms with van der Waals surface area (Å²) in [5, 5.41) is 33.0. The van der Waals surface area contributed by atoms with Gasteiger partial charge < -0.3 is 25.8 Å². The number of aromatic nitrogens is 3. The minimum Gasteiger partial charge on any atom is -0.394 e. The predicted molar refractivity (Wildman–Crippen MR) is 62.9 cm³/mol. The van der Waals surface area contributed by atoms with Crippen LogP contribution in [0, 0.1) is 4.77 Å². The minimum absolute atomic E-state index is 0.0195. The van der Waals surface area contributed by atoms with Gasteiger partial charge in [-0.3, -0.25) is 0 Å². The van der Waals surface area contributed by atoms with Crippen molar-refractivity contribution < 1.29 is 20.1 Å². The zero-order valence-electron chi connectivity index (χ0n) is 9.59. The normalized spacial score (nSPS) is 35.9. The van der Waals surface area contributed by atoms with Crippen molar-refractivity contribution in [1.82, 2.24) is 14.8 Å². The second kappa shape index (κ2) is 4.52. The highest BCUT2D eigenvalue weighted by molar-refractivity contribution is 7.71. The summed E-state index contributed by atoms with van der Waals surface area (Å²) in [4.78, 5) is 3.82. The highest BCUT2D eigenvalue weighted by Crippen LogP contribution is 2.37. The summed E-state index contributed by atoms with van der Waals surface area (Å²) in [5.74, 6) is 0.146. The van der Waals surface area contributed by atoms with Crippen molar-refractivity contribution in [1.29, 1.82) is 0 Å². The molecule has 1 saturated heterocycles. The average molecular weight is 274 g/mol. The van der Waals surface area contributed by atoms with Crippen LogP contribution in [0.15, 0.2) is 6.20 Å². The molecule has 2 heterocycles. The smallest absolute Gasteiger partial charge is 0.220 e. The van der Waals surface area contributed by atoms with Crippen LogP contribution in [0.5, 0.6) is 0 Å². The van der Waals surface area contributed by atoms with Gasteiger partial charge in [0.1, 0.15) is 23.6 Å². The summed E-state index contributed by atoms with van der Waals surface area (Å²) in [6.07, 6.45) is -1.95. The lowest BCUT2D eigenvalue weighted by Crippen LogP contribution is -2.44. The quantitative estimate of drug-likeness (QED) is 0.485. The average Bonchev–Trinajstić information content (AvgIpc) is 2.52. The molecule has 18 heavy (non-hydrogen) atoms. The van der Waals surface area contributed by atoms with Crippen molar-refractivity contribution in [2.24, 2.45) is 0 Å². The van der Waals surface area contributed by atoms with E-state index in [2.05, 4.69) is 10.1 Å². The lowest BCUT2D eigenvalue weighted by atomic mass is 9.97. The molecule has 0 saturated carbocycles. The molecule has 0 bridgehead atoms.